The summed E-state index contributed by atoms with van der Waals surface area (Å²) < 4.78 is 6.39. The minimum Gasteiger partial charge on any atom is -0.497 e. The van der Waals surface area contributed by atoms with E-state index in [-0.39, 0.29) is 0 Å². The summed E-state index contributed by atoms with van der Waals surface area (Å²) in [6.07, 6.45) is 0. The molecule has 0 aliphatic rings. The highest BCUT2D eigenvalue weighted by molar-refractivity contribution is 9.08. The lowest BCUT2D eigenvalue weighted by atomic mass is 10.1. The van der Waals surface area contributed by atoms with Crippen LogP contribution in [0.15, 0.2) is 17.5 Å². The Bertz CT molecular complexity index is 466. The fourth-order valence-electron chi connectivity index (χ4n) is 1.41. The van der Waals surface area contributed by atoms with Crippen molar-refractivity contribution < 1.29 is 4.74 Å². The fraction of sp³-hybridized carbons (Fsp3) is 0.200. The number of methoxy groups -OCH3 is 1. The summed E-state index contributed by atoms with van der Waals surface area (Å²) in [6, 6.07) is 4.02. The van der Waals surface area contributed by atoms with Gasteiger partial charge in [-0.3, -0.25) is 0 Å². The van der Waals surface area contributed by atoms with Crippen LogP contribution in [-0.2, 0) is 5.33 Å². The maximum Gasteiger partial charge on any atom is 0.120 e. The molecule has 0 saturated heterocycles. The topological polar surface area (TPSA) is 9.23 Å². The Morgan fingerprint density at radius 2 is 2.29 bits per heavy atom. The lowest BCUT2D eigenvalue weighted by Crippen LogP contribution is -1.85. The SMILES string of the molecule is COc1cc(CBr)c2c(Cl)csc2c1. The molecule has 74 valence electrons. The molecule has 0 aliphatic heterocycles. The van der Waals surface area contributed by atoms with Crippen molar-refractivity contribution in [3.8, 4) is 5.75 Å². The molecule has 2 aromatic rings. The second-order valence-corrected chi connectivity index (χ2v) is 4.76. The Hall–Kier alpha value is -0.250. The first-order valence-corrected chi connectivity index (χ1v) is 6.43. The van der Waals surface area contributed by atoms with Crippen molar-refractivity contribution in [1.29, 1.82) is 0 Å². The molecule has 0 N–H and O–H groups in total. The van der Waals surface area contributed by atoms with Crippen molar-refractivity contribution in [2.45, 2.75) is 5.33 Å². The Kier molecular flexibility index (Phi) is 3.00. The number of hydrogen-bond donors (Lipinski definition) is 0. The third kappa shape index (κ3) is 1.64. The van der Waals surface area contributed by atoms with Crippen molar-refractivity contribution in [3.63, 3.8) is 0 Å². The number of alkyl halides is 1. The lowest BCUT2D eigenvalue weighted by Gasteiger charge is -2.04. The van der Waals surface area contributed by atoms with Gasteiger partial charge in [-0.1, -0.05) is 27.5 Å². The van der Waals surface area contributed by atoms with E-state index in [1.54, 1.807) is 18.4 Å². The Morgan fingerprint density at radius 1 is 1.50 bits per heavy atom. The smallest absolute Gasteiger partial charge is 0.120 e. The van der Waals surface area contributed by atoms with E-state index in [1.807, 2.05) is 17.5 Å². The molecule has 0 atom stereocenters. The molecule has 0 amide bonds. The van der Waals surface area contributed by atoms with Gasteiger partial charge in [-0.05, 0) is 17.7 Å². The predicted molar refractivity (Wildman–Crippen MR) is 66.0 cm³/mol. The summed E-state index contributed by atoms with van der Waals surface area (Å²) >= 11 is 11.2. The van der Waals surface area contributed by atoms with Crippen molar-refractivity contribution in [3.05, 3.63) is 28.1 Å². The van der Waals surface area contributed by atoms with Crippen LogP contribution in [0.25, 0.3) is 10.1 Å². The lowest BCUT2D eigenvalue weighted by molar-refractivity contribution is 0.415. The highest BCUT2D eigenvalue weighted by Gasteiger charge is 2.08. The summed E-state index contributed by atoms with van der Waals surface area (Å²) in [6.45, 7) is 0. The summed E-state index contributed by atoms with van der Waals surface area (Å²) in [5.41, 5.74) is 1.17. The van der Waals surface area contributed by atoms with Crippen LogP contribution in [0, 0.1) is 0 Å². The highest BCUT2D eigenvalue weighted by atomic mass is 79.9. The molecule has 0 aliphatic carbocycles. The van der Waals surface area contributed by atoms with Gasteiger partial charge in [-0.15, -0.1) is 11.3 Å². The normalized spacial score (nSPS) is 10.8. The van der Waals surface area contributed by atoms with Crippen LogP contribution in [0.3, 0.4) is 0 Å². The van der Waals surface area contributed by atoms with E-state index < -0.39 is 0 Å². The average Bonchev–Trinajstić information content (AvgIpc) is 2.59. The van der Waals surface area contributed by atoms with Crippen LogP contribution in [0.1, 0.15) is 5.56 Å². The van der Waals surface area contributed by atoms with E-state index in [1.165, 1.54) is 10.3 Å². The zero-order valence-corrected chi connectivity index (χ0v) is 10.7. The van der Waals surface area contributed by atoms with E-state index in [9.17, 15) is 0 Å². The number of rotatable bonds is 2. The maximum atomic E-state index is 6.10. The van der Waals surface area contributed by atoms with Gasteiger partial charge in [-0.25, -0.2) is 0 Å². The predicted octanol–water partition coefficient (Wildman–Crippen LogP) is 4.46. The number of benzene rings is 1. The molecule has 1 nitrogen and oxygen atoms in total. The van der Waals surface area contributed by atoms with E-state index in [0.717, 1.165) is 21.5 Å². The molecule has 0 bridgehead atoms. The van der Waals surface area contributed by atoms with Gasteiger partial charge >= 0.3 is 0 Å². The van der Waals surface area contributed by atoms with E-state index in [4.69, 9.17) is 16.3 Å². The number of fused-ring (bicyclic) bond motifs is 1. The van der Waals surface area contributed by atoms with E-state index in [0.29, 0.717) is 0 Å². The van der Waals surface area contributed by atoms with Crippen LogP contribution in [0.4, 0.5) is 0 Å². The molecular weight excluding hydrogens is 284 g/mol. The Balaban J connectivity index is 2.76. The first kappa shape index (κ1) is 10.3. The minimum atomic E-state index is 0.789. The molecule has 1 heterocycles. The van der Waals surface area contributed by atoms with E-state index in [2.05, 4.69) is 15.9 Å². The minimum absolute atomic E-state index is 0.789. The standard InChI is InChI=1S/C10H8BrClOS/c1-13-7-2-6(4-11)10-8(12)5-14-9(10)3-7/h2-3,5H,4H2,1H3. The third-order valence-corrected chi connectivity index (χ3v) is 4.03. The van der Waals surface area contributed by atoms with Crippen molar-refractivity contribution in [1.82, 2.24) is 0 Å². The molecule has 0 saturated carbocycles. The molecule has 1 aromatic carbocycles. The summed E-state index contributed by atoms with van der Waals surface area (Å²) in [5, 5.41) is 4.70. The molecular formula is C10H8BrClOS. The molecule has 0 radical (unpaired) electrons. The first-order valence-electron chi connectivity index (χ1n) is 4.06. The van der Waals surface area contributed by atoms with Crippen molar-refractivity contribution in [2.75, 3.05) is 7.11 Å². The molecule has 14 heavy (non-hydrogen) atoms. The Morgan fingerprint density at radius 3 is 2.93 bits per heavy atom. The van der Waals surface area contributed by atoms with Crippen LogP contribution in [-0.4, -0.2) is 7.11 Å². The van der Waals surface area contributed by atoms with Gasteiger partial charge < -0.3 is 4.74 Å². The van der Waals surface area contributed by atoms with Gasteiger partial charge in [0.25, 0.3) is 0 Å². The van der Waals surface area contributed by atoms with Gasteiger partial charge in [-0.2, -0.15) is 0 Å². The molecule has 1 aromatic heterocycles. The van der Waals surface area contributed by atoms with Gasteiger partial charge in [0.2, 0.25) is 0 Å². The molecule has 0 unspecified atom stereocenters. The number of halogens is 2. The van der Waals surface area contributed by atoms with Crippen molar-refractivity contribution >= 4 is 49.0 Å². The first-order chi connectivity index (χ1) is 6.76. The summed E-state index contributed by atoms with van der Waals surface area (Å²) in [4.78, 5) is 0. The van der Waals surface area contributed by atoms with Gasteiger partial charge in [0.1, 0.15) is 5.75 Å². The zero-order chi connectivity index (χ0) is 10.1. The fourth-order valence-corrected chi connectivity index (χ4v) is 3.15. The molecule has 0 fully saturated rings. The second-order valence-electron chi connectivity index (χ2n) is 2.88. The number of ether oxygens (including phenoxy) is 1. The average molecular weight is 292 g/mol. The summed E-state index contributed by atoms with van der Waals surface area (Å²) in [5.74, 6) is 0.880. The quantitative estimate of drug-likeness (QED) is 0.742. The highest BCUT2D eigenvalue weighted by Crippen LogP contribution is 2.36. The number of hydrogen-bond acceptors (Lipinski definition) is 2. The van der Waals surface area contributed by atoms with Gasteiger partial charge in [0.15, 0.2) is 0 Å². The molecule has 0 spiro atoms. The third-order valence-electron chi connectivity index (χ3n) is 2.07. The van der Waals surface area contributed by atoms with Crippen LogP contribution in [0.2, 0.25) is 5.02 Å². The van der Waals surface area contributed by atoms with Crippen molar-refractivity contribution in [2.24, 2.45) is 0 Å². The van der Waals surface area contributed by atoms with Gasteiger partial charge in [0.05, 0.1) is 12.1 Å². The monoisotopic (exact) mass is 290 g/mol. The second kappa shape index (κ2) is 4.09. The van der Waals surface area contributed by atoms with Crippen LogP contribution < -0.4 is 4.74 Å². The number of thiophene rings is 1. The van der Waals surface area contributed by atoms with E-state index >= 15 is 0 Å². The van der Waals surface area contributed by atoms with Crippen LogP contribution >= 0.6 is 38.9 Å². The molecule has 4 heteroatoms. The maximum absolute atomic E-state index is 6.10. The molecule has 2 rings (SSSR count). The zero-order valence-electron chi connectivity index (χ0n) is 7.51. The largest absolute Gasteiger partial charge is 0.497 e. The summed E-state index contributed by atoms with van der Waals surface area (Å²) in [7, 11) is 1.67. The Labute approximate surface area is 99.8 Å². The van der Waals surface area contributed by atoms with Crippen LogP contribution in [0.5, 0.6) is 5.75 Å². The van der Waals surface area contributed by atoms with Gasteiger partial charge in [0, 0.05) is 20.8 Å².